The molecule has 1 unspecified atom stereocenters. The highest BCUT2D eigenvalue weighted by Crippen LogP contribution is 2.38. The molecule has 1 aliphatic heterocycles. The lowest BCUT2D eigenvalue weighted by Crippen LogP contribution is -2.46. The maximum absolute atomic E-state index is 13.8. The van der Waals surface area contributed by atoms with E-state index in [1.807, 2.05) is 11.0 Å². The number of alkyl halides is 3. The van der Waals surface area contributed by atoms with Gasteiger partial charge in [0.25, 0.3) is 0 Å². The molecule has 0 aliphatic carbocycles. The molecule has 3 aromatic heterocycles. The summed E-state index contributed by atoms with van der Waals surface area (Å²) < 4.78 is 55.0. The molecular weight excluding hydrogens is 424 g/mol. The van der Waals surface area contributed by atoms with Crippen LogP contribution < -0.4 is 10.2 Å². The zero-order chi connectivity index (χ0) is 22.3. The normalized spacial score (nSPS) is 17.1. The number of benzene rings is 1. The van der Waals surface area contributed by atoms with Crippen molar-refractivity contribution in [3.63, 3.8) is 0 Å². The monoisotopic (exact) mass is 442 g/mol. The van der Waals surface area contributed by atoms with Gasteiger partial charge in [-0.1, -0.05) is 12.1 Å². The summed E-state index contributed by atoms with van der Waals surface area (Å²) in [5, 5.41) is 10.5. The van der Waals surface area contributed by atoms with E-state index < -0.39 is 11.7 Å². The largest absolute Gasteiger partial charge is 0.418 e. The molecule has 5 rings (SSSR count). The van der Waals surface area contributed by atoms with Crippen LogP contribution in [0.3, 0.4) is 0 Å². The summed E-state index contributed by atoms with van der Waals surface area (Å²) >= 11 is 0. The zero-order valence-corrected chi connectivity index (χ0v) is 16.7. The molecule has 32 heavy (non-hydrogen) atoms. The molecule has 0 radical (unpaired) electrons. The van der Waals surface area contributed by atoms with Crippen molar-refractivity contribution in [3.8, 4) is 11.4 Å². The van der Waals surface area contributed by atoms with Gasteiger partial charge in [0.1, 0.15) is 23.0 Å². The molecule has 1 aliphatic rings. The molecule has 10 heteroatoms. The molecule has 1 saturated heterocycles. The summed E-state index contributed by atoms with van der Waals surface area (Å²) in [6.07, 6.45) is -3.06. The number of anilines is 1. The molecule has 1 fully saturated rings. The molecule has 2 N–H and O–H groups in total. The van der Waals surface area contributed by atoms with Gasteiger partial charge in [0.15, 0.2) is 5.65 Å². The van der Waals surface area contributed by atoms with Crippen LogP contribution in [0.1, 0.15) is 17.2 Å². The van der Waals surface area contributed by atoms with E-state index in [2.05, 4.69) is 25.5 Å². The number of halogens is 4. The first-order chi connectivity index (χ1) is 15.4. The summed E-state index contributed by atoms with van der Waals surface area (Å²) in [6.45, 7) is 1.56. The van der Waals surface area contributed by atoms with Gasteiger partial charge in [0.05, 0.1) is 5.56 Å². The molecule has 0 saturated carbocycles. The molecule has 6 nitrogen and oxygen atoms in total. The van der Waals surface area contributed by atoms with E-state index in [0.717, 1.165) is 11.6 Å². The predicted octanol–water partition coefficient (Wildman–Crippen LogP) is 4.33. The number of pyridine rings is 2. The Morgan fingerprint density at radius 3 is 2.72 bits per heavy atom. The number of nitrogens with zero attached hydrogens (tertiary/aromatic N) is 4. The van der Waals surface area contributed by atoms with Crippen molar-refractivity contribution in [2.45, 2.75) is 12.2 Å². The molecular formula is C22H18F4N6. The summed E-state index contributed by atoms with van der Waals surface area (Å²) in [5.74, 6) is 0.0614. The second-order valence-electron chi connectivity index (χ2n) is 7.54. The average molecular weight is 442 g/mol. The van der Waals surface area contributed by atoms with Crippen molar-refractivity contribution in [2.75, 3.05) is 24.5 Å². The highest BCUT2D eigenvalue weighted by atomic mass is 19.4. The highest BCUT2D eigenvalue weighted by molar-refractivity contribution is 5.90. The lowest BCUT2D eigenvalue weighted by Gasteiger charge is -2.35. The van der Waals surface area contributed by atoms with Crippen LogP contribution in [-0.2, 0) is 6.18 Å². The fourth-order valence-corrected chi connectivity index (χ4v) is 3.97. The van der Waals surface area contributed by atoms with E-state index in [4.69, 9.17) is 0 Å². The topological polar surface area (TPSA) is 69.7 Å². The third-order valence-corrected chi connectivity index (χ3v) is 5.50. The zero-order valence-electron chi connectivity index (χ0n) is 16.7. The number of nitrogens with one attached hydrogen (secondary N) is 2. The number of H-pyrrole nitrogens is 1. The summed E-state index contributed by atoms with van der Waals surface area (Å²) in [4.78, 5) is 10.4. The van der Waals surface area contributed by atoms with Crippen molar-refractivity contribution < 1.29 is 17.6 Å². The van der Waals surface area contributed by atoms with Crippen molar-refractivity contribution in [3.05, 3.63) is 71.7 Å². The summed E-state index contributed by atoms with van der Waals surface area (Å²) in [7, 11) is 0. The van der Waals surface area contributed by atoms with E-state index in [0.29, 0.717) is 36.5 Å². The predicted molar refractivity (Wildman–Crippen MR) is 111 cm³/mol. The van der Waals surface area contributed by atoms with Gasteiger partial charge in [-0.3, -0.25) is 5.10 Å². The molecule has 0 bridgehead atoms. The minimum absolute atomic E-state index is 0.0964. The minimum Gasteiger partial charge on any atom is -0.353 e. The third-order valence-electron chi connectivity index (χ3n) is 5.50. The smallest absolute Gasteiger partial charge is 0.353 e. The van der Waals surface area contributed by atoms with Gasteiger partial charge in [-0.2, -0.15) is 18.3 Å². The van der Waals surface area contributed by atoms with Crippen LogP contribution in [0.15, 0.2) is 54.7 Å². The Balaban J connectivity index is 1.55. The van der Waals surface area contributed by atoms with Gasteiger partial charge < -0.3 is 10.2 Å². The fraction of sp³-hybridized carbons (Fsp3) is 0.227. The standard InChI is InChI=1S/C22H18F4N6/c23-14-4-1-3-13(11-14)17-12-32(10-9-27-17)18-7-6-16(22(24,25)26)20(29-18)19-15-5-2-8-28-21(15)31-30-19/h1-8,11,17,27H,9-10,12H2,(H,28,30,31). The maximum Gasteiger partial charge on any atom is 0.418 e. The van der Waals surface area contributed by atoms with Gasteiger partial charge in [-0.25, -0.2) is 14.4 Å². The number of rotatable bonds is 3. The van der Waals surface area contributed by atoms with Gasteiger partial charge in [0, 0.05) is 37.3 Å². The number of aromatic amines is 1. The van der Waals surface area contributed by atoms with Crippen molar-refractivity contribution in [2.24, 2.45) is 0 Å². The van der Waals surface area contributed by atoms with Crippen LogP contribution in [-0.4, -0.2) is 39.8 Å². The summed E-state index contributed by atoms with van der Waals surface area (Å²) in [5.41, 5.74) is 0.131. The number of hydrogen-bond acceptors (Lipinski definition) is 5. The second kappa shape index (κ2) is 7.86. The Labute approximate surface area is 180 Å². The highest BCUT2D eigenvalue weighted by Gasteiger charge is 2.36. The molecule has 1 atom stereocenters. The first-order valence-electron chi connectivity index (χ1n) is 10.0. The number of hydrogen-bond donors (Lipinski definition) is 2. The molecule has 164 valence electrons. The number of piperazine rings is 1. The SMILES string of the molecule is Fc1cccc(C2CN(c3ccc(C(F)(F)F)c(-c4n[nH]c5ncccc45)n3)CCN2)c1. The van der Waals surface area contributed by atoms with Crippen LogP contribution in [0.5, 0.6) is 0 Å². The van der Waals surface area contributed by atoms with Gasteiger partial charge >= 0.3 is 6.18 Å². The van der Waals surface area contributed by atoms with E-state index in [1.165, 1.54) is 24.4 Å². The average Bonchev–Trinajstić information content (AvgIpc) is 3.22. The molecule has 0 amide bonds. The van der Waals surface area contributed by atoms with Crippen molar-refractivity contribution >= 4 is 16.9 Å². The van der Waals surface area contributed by atoms with Crippen LogP contribution in [0.25, 0.3) is 22.4 Å². The first kappa shape index (κ1) is 20.4. The quantitative estimate of drug-likeness (QED) is 0.463. The van der Waals surface area contributed by atoms with Crippen LogP contribution in [0.4, 0.5) is 23.4 Å². The Bertz CT molecular complexity index is 1270. The van der Waals surface area contributed by atoms with Crippen LogP contribution >= 0.6 is 0 Å². The molecule has 0 spiro atoms. The third kappa shape index (κ3) is 3.77. The minimum atomic E-state index is -4.60. The van der Waals surface area contributed by atoms with E-state index >= 15 is 0 Å². The second-order valence-corrected chi connectivity index (χ2v) is 7.54. The first-order valence-corrected chi connectivity index (χ1v) is 10.0. The summed E-state index contributed by atoms with van der Waals surface area (Å²) in [6, 6.07) is 11.8. The number of aromatic nitrogens is 4. The van der Waals surface area contributed by atoms with Crippen LogP contribution in [0.2, 0.25) is 0 Å². The Morgan fingerprint density at radius 1 is 1.03 bits per heavy atom. The maximum atomic E-state index is 13.8. The van der Waals surface area contributed by atoms with Gasteiger partial charge in [-0.15, -0.1) is 0 Å². The van der Waals surface area contributed by atoms with Gasteiger partial charge in [-0.05, 0) is 42.0 Å². The fourth-order valence-electron chi connectivity index (χ4n) is 3.97. The van der Waals surface area contributed by atoms with Crippen molar-refractivity contribution in [1.29, 1.82) is 0 Å². The van der Waals surface area contributed by atoms with E-state index in [1.54, 1.807) is 18.2 Å². The van der Waals surface area contributed by atoms with Crippen LogP contribution in [0, 0.1) is 5.82 Å². The van der Waals surface area contributed by atoms with Crippen molar-refractivity contribution in [1.82, 2.24) is 25.5 Å². The Morgan fingerprint density at radius 2 is 1.91 bits per heavy atom. The van der Waals surface area contributed by atoms with Gasteiger partial charge in [0.2, 0.25) is 0 Å². The Hall–Kier alpha value is -3.53. The van der Waals surface area contributed by atoms with E-state index in [-0.39, 0.29) is 23.2 Å². The van der Waals surface area contributed by atoms with E-state index in [9.17, 15) is 17.6 Å². The Kier molecular flexibility index (Phi) is 5.01. The lowest BCUT2D eigenvalue weighted by molar-refractivity contribution is -0.137. The molecule has 1 aromatic carbocycles. The molecule has 4 aromatic rings. The number of fused-ring (bicyclic) bond motifs is 1. The molecule has 4 heterocycles. The lowest BCUT2D eigenvalue weighted by atomic mass is 10.0.